The first kappa shape index (κ1) is 15.1. The van der Waals surface area contributed by atoms with Crippen molar-refractivity contribution in [1.82, 2.24) is 4.98 Å². The minimum Gasteiger partial charge on any atom is -0.472 e. The van der Waals surface area contributed by atoms with Crippen LogP contribution in [0, 0.1) is 0 Å². The second-order valence-electron chi connectivity index (χ2n) is 6.02. The van der Waals surface area contributed by atoms with Gasteiger partial charge < -0.3 is 15.4 Å². The molecule has 1 aromatic heterocycles. The summed E-state index contributed by atoms with van der Waals surface area (Å²) < 4.78 is 6.08. The summed E-state index contributed by atoms with van der Waals surface area (Å²) in [4.78, 5) is 6.84. The number of rotatable bonds is 3. The van der Waals surface area contributed by atoms with E-state index in [2.05, 4.69) is 16.0 Å². The molecule has 2 heterocycles. The molecule has 0 bridgehead atoms. The number of hydrogen-bond donors (Lipinski definition) is 1. The summed E-state index contributed by atoms with van der Waals surface area (Å²) in [7, 11) is 0. The van der Waals surface area contributed by atoms with E-state index >= 15 is 0 Å². The number of para-hydroxylation sites is 2. The molecule has 3 aromatic rings. The third kappa shape index (κ3) is 2.97. The molecule has 0 aliphatic carbocycles. The molecule has 1 fully saturated rings. The van der Waals surface area contributed by atoms with Crippen LogP contribution in [0.25, 0.3) is 10.9 Å². The number of benzene rings is 2. The van der Waals surface area contributed by atoms with Crippen molar-refractivity contribution in [2.24, 2.45) is 0 Å². The van der Waals surface area contributed by atoms with Crippen LogP contribution in [-0.2, 0) is 0 Å². The van der Waals surface area contributed by atoms with Crippen molar-refractivity contribution in [1.29, 1.82) is 0 Å². The molecule has 2 aromatic carbocycles. The maximum absolute atomic E-state index is 6.08. The van der Waals surface area contributed by atoms with Crippen LogP contribution in [0.2, 0.25) is 5.02 Å². The molecule has 0 saturated carbocycles. The fourth-order valence-electron chi connectivity index (χ4n) is 3.13. The fourth-order valence-corrected chi connectivity index (χ4v) is 3.31. The molecule has 5 heteroatoms. The Balaban J connectivity index is 1.48. The third-order valence-corrected chi connectivity index (χ3v) is 4.57. The first-order chi connectivity index (χ1) is 11.7. The van der Waals surface area contributed by atoms with Gasteiger partial charge in [0.2, 0.25) is 5.88 Å². The van der Waals surface area contributed by atoms with Crippen LogP contribution >= 0.6 is 11.6 Å². The van der Waals surface area contributed by atoms with Crippen molar-refractivity contribution in [3.05, 3.63) is 59.6 Å². The van der Waals surface area contributed by atoms with Gasteiger partial charge in [-0.05, 0) is 36.4 Å². The summed E-state index contributed by atoms with van der Waals surface area (Å²) in [5.41, 5.74) is 8.83. The standard InChI is InChI=1S/C19H18ClN3O/c20-14-6-7-17-13(11-14)5-8-19(22-17)24-15-9-10-23(12-15)18-4-2-1-3-16(18)21/h1-8,11,15H,9-10,12,21H2. The van der Waals surface area contributed by atoms with Crippen LogP contribution in [0.4, 0.5) is 11.4 Å². The molecular formula is C19H18ClN3O. The highest BCUT2D eigenvalue weighted by atomic mass is 35.5. The van der Waals surface area contributed by atoms with Gasteiger partial charge in [0, 0.05) is 29.4 Å². The number of nitrogens with zero attached hydrogens (tertiary/aromatic N) is 2. The van der Waals surface area contributed by atoms with E-state index in [9.17, 15) is 0 Å². The van der Waals surface area contributed by atoms with Crippen LogP contribution in [0.1, 0.15) is 6.42 Å². The van der Waals surface area contributed by atoms with E-state index in [1.807, 2.05) is 48.5 Å². The second kappa shape index (κ2) is 6.21. The first-order valence-corrected chi connectivity index (χ1v) is 8.39. The predicted octanol–water partition coefficient (Wildman–Crippen LogP) is 4.13. The lowest BCUT2D eigenvalue weighted by molar-refractivity contribution is 0.216. The van der Waals surface area contributed by atoms with Crippen molar-refractivity contribution in [2.45, 2.75) is 12.5 Å². The summed E-state index contributed by atoms with van der Waals surface area (Å²) in [6, 6.07) is 17.5. The minimum atomic E-state index is 0.113. The monoisotopic (exact) mass is 339 g/mol. The number of pyridine rings is 1. The summed E-state index contributed by atoms with van der Waals surface area (Å²) in [6.07, 6.45) is 1.07. The molecule has 1 aliphatic rings. The molecule has 122 valence electrons. The zero-order valence-electron chi connectivity index (χ0n) is 13.2. The van der Waals surface area contributed by atoms with E-state index < -0.39 is 0 Å². The Kier molecular flexibility index (Phi) is 3.90. The molecular weight excluding hydrogens is 322 g/mol. The van der Waals surface area contributed by atoms with Gasteiger partial charge in [-0.2, -0.15) is 0 Å². The number of halogens is 1. The number of anilines is 2. The van der Waals surface area contributed by atoms with E-state index in [1.165, 1.54) is 0 Å². The Morgan fingerprint density at radius 3 is 2.88 bits per heavy atom. The largest absolute Gasteiger partial charge is 0.472 e. The topological polar surface area (TPSA) is 51.4 Å². The van der Waals surface area contributed by atoms with E-state index in [1.54, 1.807) is 0 Å². The Hall–Kier alpha value is -2.46. The van der Waals surface area contributed by atoms with Crippen LogP contribution < -0.4 is 15.4 Å². The van der Waals surface area contributed by atoms with Gasteiger partial charge in [0.15, 0.2) is 0 Å². The minimum absolute atomic E-state index is 0.113. The van der Waals surface area contributed by atoms with E-state index in [4.69, 9.17) is 22.1 Å². The van der Waals surface area contributed by atoms with E-state index in [-0.39, 0.29) is 6.10 Å². The predicted molar refractivity (Wildman–Crippen MR) is 98.9 cm³/mol. The smallest absolute Gasteiger partial charge is 0.214 e. The van der Waals surface area contributed by atoms with Gasteiger partial charge in [-0.15, -0.1) is 0 Å². The van der Waals surface area contributed by atoms with Crippen molar-refractivity contribution < 1.29 is 4.74 Å². The average molecular weight is 340 g/mol. The normalized spacial score (nSPS) is 17.4. The lowest BCUT2D eigenvalue weighted by Crippen LogP contribution is -2.25. The maximum atomic E-state index is 6.08. The molecule has 1 saturated heterocycles. The molecule has 0 spiro atoms. The molecule has 1 unspecified atom stereocenters. The van der Waals surface area contributed by atoms with Crippen molar-refractivity contribution in [3.8, 4) is 5.88 Å². The summed E-state index contributed by atoms with van der Waals surface area (Å²) in [5, 5.41) is 1.73. The molecule has 0 radical (unpaired) electrons. The Bertz CT molecular complexity index is 883. The molecule has 2 N–H and O–H groups in total. The van der Waals surface area contributed by atoms with Crippen molar-refractivity contribution in [2.75, 3.05) is 23.7 Å². The number of nitrogens with two attached hydrogens (primary N) is 1. The summed E-state index contributed by atoms with van der Waals surface area (Å²) >= 11 is 6.01. The first-order valence-electron chi connectivity index (χ1n) is 8.01. The van der Waals surface area contributed by atoms with Gasteiger partial charge in [0.05, 0.1) is 23.4 Å². The highest BCUT2D eigenvalue weighted by molar-refractivity contribution is 6.31. The zero-order valence-corrected chi connectivity index (χ0v) is 13.9. The number of hydrogen-bond acceptors (Lipinski definition) is 4. The number of aromatic nitrogens is 1. The molecule has 1 aliphatic heterocycles. The van der Waals surface area contributed by atoms with Gasteiger partial charge in [0.1, 0.15) is 6.10 Å². The highest BCUT2D eigenvalue weighted by Crippen LogP contribution is 2.28. The number of fused-ring (bicyclic) bond motifs is 1. The van der Waals surface area contributed by atoms with E-state index in [0.717, 1.165) is 41.8 Å². The molecule has 0 amide bonds. The lowest BCUT2D eigenvalue weighted by Gasteiger charge is -2.20. The molecule has 1 atom stereocenters. The Labute approximate surface area is 145 Å². The third-order valence-electron chi connectivity index (χ3n) is 4.34. The summed E-state index contributed by atoms with van der Waals surface area (Å²) in [5.74, 6) is 0.651. The Morgan fingerprint density at radius 1 is 1.12 bits per heavy atom. The van der Waals surface area contributed by atoms with Crippen LogP contribution in [0.5, 0.6) is 5.88 Å². The Morgan fingerprint density at radius 2 is 2.00 bits per heavy atom. The quantitative estimate of drug-likeness (QED) is 0.729. The molecule has 4 nitrogen and oxygen atoms in total. The van der Waals surface area contributed by atoms with Gasteiger partial charge >= 0.3 is 0 Å². The van der Waals surface area contributed by atoms with Crippen molar-refractivity contribution >= 4 is 33.9 Å². The van der Waals surface area contributed by atoms with Crippen molar-refractivity contribution in [3.63, 3.8) is 0 Å². The number of ether oxygens (including phenoxy) is 1. The number of nitrogen functional groups attached to an aromatic ring is 1. The van der Waals surface area contributed by atoms with Crippen LogP contribution in [-0.4, -0.2) is 24.2 Å². The SMILES string of the molecule is Nc1ccccc1N1CCC(Oc2ccc3cc(Cl)ccc3n2)C1. The lowest BCUT2D eigenvalue weighted by atomic mass is 10.2. The second-order valence-corrected chi connectivity index (χ2v) is 6.46. The van der Waals surface area contributed by atoms with E-state index in [0.29, 0.717) is 10.9 Å². The van der Waals surface area contributed by atoms with Crippen LogP contribution in [0.3, 0.4) is 0 Å². The van der Waals surface area contributed by atoms with Gasteiger partial charge in [-0.1, -0.05) is 23.7 Å². The average Bonchev–Trinajstić information content (AvgIpc) is 3.04. The molecule has 24 heavy (non-hydrogen) atoms. The van der Waals surface area contributed by atoms with Crippen LogP contribution in [0.15, 0.2) is 54.6 Å². The van der Waals surface area contributed by atoms with Gasteiger partial charge in [0.25, 0.3) is 0 Å². The summed E-state index contributed by atoms with van der Waals surface area (Å²) in [6.45, 7) is 1.75. The molecule has 4 rings (SSSR count). The van der Waals surface area contributed by atoms with Gasteiger partial charge in [-0.25, -0.2) is 4.98 Å². The zero-order chi connectivity index (χ0) is 16.5. The fraction of sp³-hybridized carbons (Fsp3) is 0.211. The maximum Gasteiger partial charge on any atom is 0.214 e. The van der Waals surface area contributed by atoms with Gasteiger partial charge in [-0.3, -0.25) is 0 Å². The highest BCUT2D eigenvalue weighted by Gasteiger charge is 2.25.